The minimum absolute atomic E-state index is 0.0486. The molecule has 0 amide bonds. The lowest BCUT2D eigenvalue weighted by molar-refractivity contribution is -0.359. The van der Waals surface area contributed by atoms with Gasteiger partial charge in [0.15, 0.2) is 6.10 Å². The molecule has 0 heterocycles. The Morgan fingerprint density at radius 3 is 1.74 bits per heavy atom. The lowest BCUT2D eigenvalue weighted by Crippen LogP contribution is -2.59. The molecule has 0 rings (SSSR count). The highest BCUT2D eigenvalue weighted by molar-refractivity contribution is 7.87. The summed E-state index contributed by atoms with van der Waals surface area (Å²) in [6.45, 7) is 0.193. The maximum atomic E-state index is 13.7. The average Bonchev–Trinajstić information content (AvgIpc) is 2.68. The number of ether oxygens (including phenoxy) is 3. The van der Waals surface area contributed by atoms with Crippen LogP contribution in [-0.2, 0) is 33.9 Å². The zero-order valence-corrected chi connectivity index (χ0v) is 19.1. The SMILES string of the molecule is C=C(C(=O)OC(OCCCCC(F)(F)C(F)(F)S(=O)(=O)O)(C(=O)OC(C)C(F)(F)F)C(F)(F)F)C(F)(F)F. The van der Waals surface area contributed by atoms with Crippen LogP contribution in [0, 0.1) is 0 Å². The first-order valence-corrected chi connectivity index (χ1v) is 10.7. The van der Waals surface area contributed by atoms with Crippen LogP contribution in [0.15, 0.2) is 12.2 Å². The summed E-state index contributed by atoms with van der Waals surface area (Å²) in [5, 5.41) is -6.08. The molecule has 0 aromatic carbocycles. The fourth-order valence-corrected chi connectivity index (χ4v) is 2.48. The van der Waals surface area contributed by atoms with Gasteiger partial charge in [-0.1, -0.05) is 6.58 Å². The normalized spacial score (nSPS) is 16.4. The van der Waals surface area contributed by atoms with Crippen molar-refractivity contribution in [2.45, 2.75) is 67.8 Å². The van der Waals surface area contributed by atoms with Crippen molar-refractivity contribution < 1.29 is 93.8 Å². The van der Waals surface area contributed by atoms with Crippen molar-refractivity contribution in [1.29, 1.82) is 0 Å². The van der Waals surface area contributed by atoms with E-state index in [1.54, 1.807) is 0 Å². The molecule has 0 aliphatic rings. The number of carbonyl (C=O) groups excluding carboxylic acids is 2. The molecule has 22 heteroatoms. The molecule has 0 saturated heterocycles. The number of esters is 2. The predicted octanol–water partition coefficient (Wildman–Crippen LogP) is 4.70. The van der Waals surface area contributed by atoms with E-state index in [-0.39, 0.29) is 6.92 Å². The zero-order valence-electron chi connectivity index (χ0n) is 18.2. The highest BCUT2D eigenvalue weighted by Gasteiger charge is 2.69. The van der Waals surface area contributed by atoms with Crippen molar-refractivity contribution >= 4 is 22.1 Å². The fourth-order valence-electron chi connectivity index (χ4n) is 2.00. The minimum Gasteiger partial charge on any atom is -0.448 e. The third kappa shape index (κ3) is 8.32. The Balaban J connectivity index is 6.05. The van der Waals surface area contributed by atoms with E-state index in [2.05, 4.69) is 20.8 Å². The van der Waals surface area contributed by atoms with Gasteiger partial charge in [-0.15, -0.1) is 0 Å². The molecule has 0 spiro atoms. The van der Waals surface area contributed by atoms with Gasteiger partial charge in [-0.25, -0.2) is 9.59 Å². The van der Waals surface area contributed by atoms with Crippen LogP contribution in [-0.4, -0.2) is 73.1 Å². The van der Waals surface area contributed by atoms with Crippen molar-refractivity contribution in [1.82, 2.24) is 0 Å². The quantitative estimate of drug-likeness (QED) is 0.0840. The summed E-state index contributed by atoms with van der Waals surface area (Å²) in [6, 6.07) is 0. The number of alkyl halides is 13. The van der Waals surface area contributed by atoms with E-state index in [1.165, 1.54) is 0 Å². The molecule has 0 radical (unpaired) electrons. The van der Waals surface area contributed by atoms with Crippen LogP contribution in [0.5, 0.6) is 0 Å². The van der Waals surface area contributed by atoms with Crippen molar-refractivity contribution in [3.63, 3.8) is 0 Å². The summed E-state index contributed by atoms with van der Waals surface area (Å²) in [6.07, 6.45) is -26.2. The second-order valence-electron chi connectivity index (χ2n) is 7.07. The van der Waals surface area contributed by atoms with Gasteiger partial charge < -0.3 is 14.2 Å². The molecule has 0 saturated carbocycles. The van der Waals surface area contributed by atoms with Crippen LogP contribution in [0.3, 0.4) is 0 Å². The average molecular weight is 614 g/mol. The fraction of sp³-hybridized carbons (Fsp3) is 0.750. The van der Waals surface area contributed by atoms with Crippen LogP contribution in [0.25, 0.3) is 0 Å². The summed E-state index contributed by atoms with van der Waals surface area (Å²) in [5.41, 5.74) is -2.71. The maximum absolute atomic E-state index is 13.7. The summed E-state index contributed by atoms with van der Waals surface area (Å²) in [4.78, 5) is 23.5. The van der Waals surface area contributed by atoms with Crippen molar-refractivity contribution in [2.24, 2.45) is 0 Å². The van der Waals surface area contributed by atoms with Gasteiger partial charge in [0.05, 0.1) is 6.61 Å². The minimum atomic E-state index is -6.69. The van der Waals surface area contributed by atoms with Gasteiger partial charge in [0.1, 0.15) is 5.57 Å². The van der Waals surface area contributed by atoms with Gasteiger partial charge >= 0.3 is 57.5 Å². The first-order chi connectivity index (χ1) is 16.5. The van der Waals surface area contributed by atoms with Crippen molar-refractivity contribution in [2.75, 3.05) is 6.61 Å². The molecule has 2 unspecified atom stereocenters. The van der Waals surface area contributed by atoms with Gasteiger partial charge in [-0.05, 0) is 19.8 Å². The highest BCUT2D eigenvalue weighted by Crippen LogP contribution is 2.42. The third-order valence-electron chi connectivity index (χ3n) is 4.15. The Hall–Kier alpha value is -2.36. The van der Waals surface area contributed by atoms with E-state index in [9.17, 15) is 75.1 Å². The van der Waals surface area contributed by atoms with Crippen molar-refractivity contribution in [3.8, 4) is 0 Å². The van der Waals surface area contributed by atoms with E-state index < -0.39 is 95.1 Å². The van der Waals surface area contributed by atoms with E-state index in [0.717, 1.165) is 0 Å². The molecular formula is C16H15F13O8S. The van der Waals surface area contributed by atoms with Gasteiger partial charge in [-0.2, -0.15) is 65.5 Å². The number of unbranched alkanes of at least 4 members (excludes halogenated alkanes) is 1. The van der Waals surface area contributed by atoms with Crippen LogP contribution >= 0.6 is 0 Å². The molecule has 1 N–H and O–H groups in total. The summed E-state index contributed by atoms with van der Waals surface area (Å²) in [5.74, 6) is -17.3. The first kappa shape index (κ1) is 35.6. The molecule has 224 valence electrons. The first-order valence-electron chi connectivity index (χ1n) is 9.25. The van der Waals surface area contributed by atoms with E-state index in [0.29, 0.717) is 0 Å². The van der Waals surface area contributed by atoms with E-state index in [1.807, 2.05) is 0 Å². The molecule has 8 nitrogen and oxygen atoms in total. The standard InChI is InChI=1S/C16H15F13O8S/c1-7(13(19,20)21)9(30)37-12(15(25,26)27,10(31)36-8(2)14(22,23)24)35-6-4-3-5-11(17,18)16(28,29)38(32,33)34/h8H,1,3-6H2,2H3,(H,32,33,34). The van der Waals surface area contributed by atoms with Gasteiger partial charge in [0.25, 0.3) is 0 Å². The monoisotopic (exact) mass is 614 g/mol. The number of halogens is 13. The Kier molecular flexibility index (Phi) is 10.7. The van der Waals surface area contributed by atoms with Crippen molar-refractivity contribution in [3.05, 3.63) is 12.2 Å². The topological polar surface area (TPSA) is 116 Å². The molecule has 0 aromatic heterocycles. The lowest BCUT2D eigenvalue weighted by atomic mass is 10.1. The largest absolute Gasteiger partial charge is 0.468 e. The van der Waals surface area contributed by atoms with E-state index in [4.69, 9.17) is 4.55 Å². The molecule has 2 atom stereocenters. The highest BCUT2D eigenvalue weighted by atomic mass is 32.2. The van der Waals surface area contributed by atoms with Gasteiger partial charge in [0.2, 0.25) is 0 Å². The summed E-state index contributed by atoms with van der Waals surface area (Å²) < 4.78 is 209. The number of hydrogen-bond acceptors (Lipinski definition) is 7. The number of rotatable bonds is 12. The van der Waals surface area contributed by atoms with Crippen LogP contribution in [0.1, 0.15) is 26.2 Å². The van der Waals surface area contributed by atoms with Crippen LogP contribution in [0.2, 0.25) is 0 Å². The predicted molar refractivity (Wildman–Crippen MR) is 92.9 cm³/mol. The molecule has 0 aliphatic heterocycles. The number of carbonyl (C=O) groups is 2. The second kappa shape index (κ2) is 11.4. The smallest absolute Gasteiger partial charge is 0.448 e. The maximum Gasteiger partial charge on any atom is 0.468 e. The molecule has 0 aliphatic carbocycles. The Morgan fingerprint density at radius 2 is 1.37 bits per heavy atom. The molecule has 38 heavy (non-hydrogen) atoms. The van der Waals surface area contributed by atoms with Crippen LogP contribution in [0.4, 0.5) is 57.1 Å². The Bertz CT molecular complexity index is 985. The van der Waals surface area contributed by atoms with Gasteiger partial charge in [0, 0.05) is 6.42 Å². The molecule has 0 aromatic rings. The summed E-state index contributed by atoms with van der Waals surface area (Å²) in [7, 11) is -6.69. The van der Waals surface area contributed by atoms with Crippen LogP contribution < -0.4 is 0 Å². The molecular weight excluding hydrogens is 599 g/mol. The molecule has 0 bridgehead atoms. The zero-order chi connectivity index (χ0) is 30.8. The Morgan fingerprint density at radius 1 is 0.895 bits per heavy atom. The second-order valence-corrected chi connectivity index (χ2v) is 8.53. The van der Waals surface area contributed by atoms with E-state index >= 15 is 0 Å². The summed E-state index contributed by atoms with van der Waals surface area (Å²) >= 11 is 0. The molecule has 0 fully saturated rings. The third-order valence-corrected chi connectivity index (χ3v) is 5.10. The number of hydrogen-bond donors (Lipinski definition) is 1. The van der Waals surface area contributed by atoms with Gasteiger partial charge in [-0.3, -0.25) is 4.55 Å². The Labute approximate surface area is 203 Å². The lowest BCUT2D eigenvalue weighted by Gasteiger charge is -2.33.